The number of carbonyl (C=O) groups is 1. The van der Waals surface area contributed by atoms with Crippen LogP contribution < -0.4 is 10.1 Å². The van der Waals surface area contributed by atoms with Gasteiger partial charge in [0.2, 0.25) is 5.91 Å². The lowest BCUT2D eigenvalue weighted by Gasteiger charge is -2.11. The summed E-state index contributed by atoms with van der Waals surface area (Å²) in [7, 11) is 0. The lowest BCUT2D eigenvalue weighted by molar-refractivity contribution is -0.113. The molecule has 3 aromatic rings. The first-order chi connectivity index (χ1) is 14.1. The number of rotatable bonds is 9. The van der Waals surface area contributed by atoms with E-state index < -0.39 is 0 Å². The summed E-state index contributed by atoms with van der Waals surface area (Å²) in [5.41, 5.74) is 1.20. The van der Waals surface area contributed by atoms with Crippen molar-refractivity contribution >= 4 is 23.4 Å². The zero-order valence-electron chi connectivity index (χ0n) is 16.0. The predicted molar refractivity (Wildman–Crippen MR) is 114 cm³/mol. The minimum absolute atomic E-state index is 0.118. The Kier molecular flexibility index (Phi) is 6.91. The normalized spacial score (nSPS) is 10.5. The predicted octanol–water partition coefficient (Wildman–Crippen LogP) is 3.97. The maximum Gasteiger partial charge on any atom is 0.234 e. The number of nitrogens with one attached hydrogen (secondary N) is 1. The fraction of sp³-hybridized carbons (Fsp3) is 0.190. The molecule has 0 bridgehead atoms. The van der Waals surface area contributed by atoms with Crippen molar-refractivity contribution in [2.75, 3.05) is 17.7 Å². The van der Waals surface area contributed by atoms with Gasteiger partial charge in [-0.15, -0.1) is 16.8 Å². The molecule has 2 aromatic carbocycles. The Morgan fingerprint density at radius 2 is 2.00 bits per heavy atom. The third-order valence-corrected chi connectivity index (χ3v) is 4.93. The molecule has 0 saturated heterocycles. The number of nitrogens with zero attached hydrogens (tertiary/aromatic N) is 3. The van der Waals surface area contributed by atoms with Crippen LogP contribution in [0.1, 0.15) is 6.92 Å². The van der Waals surface area contributed by atoms with Gasteiger partial charge in [-0.25, -0.2) is 0 Å². The van der Waals surface area contributed by atoms with E-state index in [-0.39, 0.29) is 17.4 Å². The van der Waals surface area contributed by atoms with E-state index in [1.54, 1.807) is 30.3 Å². The Morgan fingerprint density at radius 3 is 2.76 bits per heavy atom. The third kappa shape index (κ3) is 4.97. The van der Waals surface area contributed by atoms with E-state index in [0.717, 1.165) is 0 Å². The number of para-hydroxylation sites is 3. The molecule has 0 aliphatic carbocycles. The molecule has 1 aromatic heterocycles. The van der Waals surface area contributed by atoms with E-state index in [9.17, 15) is 9.90 Å². The molecule has 3 rings (SSSR count). The van der Waals surface area contributed by atoms with Crippen LogP contribution in [0.3, 0.4) is 0 Å². The van der Waals surface area contributed by atoms with Crippen molar-refractivity contribution in [3.63, 3.8) is 0 Å². The van der Waals surface area contributed by atoms with Crippen LogP contribution in [0.25, 0.3) is 11.4 Å². The molecule has 1 amide bonds. The molecular formula is C21H22N4O3S. The summed E-state index contributed by atoms with van der Waals surface area (Å²) in [6.45, 7) is 6.63. The van der Waals surface area contributed by atoms with Gasteiger partial charge in [0, 0.05) is 6.54 Å². The lowest BCUT2D eigenvalue weighted by Crippen LogP contribution is -2.15. The highest BCUT2D eigenvalue weighted by Crippen LogP contribution is 2.30. The molecule has 0 unspecified atom stereocenters. The minimum atomic E-state index is -0.181. The molecule has 1 heterocycles. The smallest absolute Gasteiger partial charge is 0.234 e. The summed E-state index contributed by atoms with van der Waals surface area (Å²) < 4.78 is 7.35. The average Bonchev–Trinajstić information content (AvgIpc) is 3.11. The van der Waals surface area contributed by atoms with E-state index in [1.165, 1.54) is 11.8 Å². The molecule has 0 aliphatic rings. The van der Waals surface area contributed by atoms with Gasteiger partial charge in [-0.05, 0) is 31.2 Å². The number of anilines is 1. The molecule has 0 spiro atoms. The molecule has 0 fully saturated rings. The number of phenolic OH excluding ortho intramolecular Hbond substituents is 1. The van der Waals surface area contributed by atoms with E-state index in [0.29, 0.717) is 41.1 Å². The van der Waals surface area contributed by atoms with E-state index in [4.69, 9.17) is 4.74 Å². The van der Waals surface area contributed by atoms with Crippen LogP contribution in [0.5, 0.6) is 11.5 Å². The van der Waals surface area contributed by atoms with Crippen molar-refractivity contribution in [2.24, 2.45) is 0 Å². The van der Waals surface area contributed by atoms with Crippen LogP contribution in [-0.2, 0) is 11.3 Å². The van der Waals surface area contributed by atoms with Gasteiger partial charge < -0.3 is 15.2 Å². The number of aromatic nitrogens is 3. The zero-order chi connectivity index (χ0) is 20.6. The van der Waals surface area contributed by atoms with E-state index in [1.807, 2.05) is 35.8 Å². The highest BCUT2D eigenvalue weighted by molar-refractivity contribution is 7.99. The zero-order valence-corrected chi connectivity index (χ0v) is 16.9. The molecule has 0 radical (unpaired) electrons. The lowest BCUT2D eigenvalue weighted by atomic mass is 10.2. The van der Waals surface area contributed by atoms with Crippen molar-refractivity contribution in [2.45, 2.75) is 18.6 Å². The van der Waals surface area contributed by atoms with Crippen LogP contribution in [0.4, 0.5) is 5.69 Å². The number of allylic oxidation sites excluding steroid dienone is 1. The molecule has 29 heavy (non-hydrogen) atoms. The topological polar surface area (TPSA) is 89.3 Å². The monoisotopic (exact) mass is 410 g/mol. The summed E-state index contributed by atoms with van der Waals surface area (Å²) in [4.78, 5) is 12.4. The fourth-order valence-corrected chi connectivity index (χ4v) is 3.47. The number of thioether (sulfide) groups is 1. The third-order valence-electron chi connectivity index (χ3n) is 3.97. The molecule has 8 heteroatoms. The number of phenols is 1. The molecule has 7 nitrogen and oxygen atoms in total. The standard InChI is InChI=1S/C21H22N4O3S/c1-3-13-25-20(15-9-5-7-11-17(15)26)23-24-21(25)29-14-19(27)22-16-10-6-8-12-18(16)28-4-2/h3,5-12,26H,1,4,13-14H2,2H3,(H,22,27). The van der Waals surface area contributed by atoms with E-state index in [2.05, 4.69) is 22.1 Å². The molecule has 0 aliphatic heterocycles. The van der Waals surface area contributed by atoms with Crippen molar-refractivity contribution in [3.8, 4) is 22.9 Å². The molecule has 2 N–H and O–H groups in total. The van der Waals surface area contributed by atoms with Gasteiger partial charge in [-0.2, -0.15) is 0 Å². The van der Waals surface area contributed by atoms with Crippen molar-refractivity contribution in [1.29, 1.82) is 0 Å². The van der Waals surface area contributed by atoms with Crippen LogP contribution in [0.15, 0.2) is 66.3 Å². The van der Waals surface area contributed by atoms with Crippen LogP contribution in [0.2, 0.25) is 0 Å². The van der Waals surface area contributed by atoms with Crippen molar-refractivity contribution < 1.29 is 14.6 Å². The number of hydrogen-bond donors (Lipinski definition) is 2. The Labute approximate surface area is 173 Å². The maximum atomic E-state index is 12.4. The first kappa shape index (κ1) is 20.5. The quantitative estimate of drug-likeness (QED) is 0.410. The van der Waals surface area contributed by atoms with Gasteiger partial charge in [-0.1, -0.05) is 42.1 Å². The van der Waals surface area contributed by atoms with Gasteiger partial charge in [0.25, 0.3) is 0 Å². The van der Waals surface area contributed by atoms with Crippen LogP contribution in [0, 0.1) is 0 Å². The Bertz CT molecular complexity index is 1000. The second-order valence-electron chi connectivity index (χ2n) is 5.99. The van der Waals surface area contributed by atoms with Gasteiger partial charge in [0.1, 0.15) is 11.5 Å². The first-order valence-electron chi connectivity index (χ1n) is 9.11. The number of aromatic hydroxyl groups is 1. The van der Waals surface area contributed by atoms with Crippen molar-refractivity contribution in [1.82, 2.24) is 14.8 Å². The van der Waals surface area contributed by atoms with Crippen molar-refractivity contribution in [3.05, 3.63) is 61.2 Å². The Hall–Kier alpha value is -3.26. The number of hydrogen-bond acceptors (Lipinski definition) is 6. The minimum Gasteiger partial charge on any atom is -0.507 e. The summed E-state index contributed by atoms with van der Waals surface area (Å²) in [5, 5.41) is 21.9. The van der Waals surface area contributed by atoms with E-state index >= 15 is 0 Å². The number of ether oxygens (including phenoxy) is 1. The van der Waals surface area contributed by atoms with Gasteiger partial charge >= 0.3 is 0 Å². The SMILES string of the molecule is C=CCn1c(SCC(=O)Nc2ccccc2OCC)nnc1-c1ccccc1O. The Balaban J connectivity index is 1.73. The second-order valence-corrected chi connectivity index (χ2v) is 6.93. The Morgan fingerprint density at radius 1 is 1.24 bits per heavy atom. The summed E-state index contributed by atoms with van der Waals surface area (Å²) in [6, 6.07) is 14.2. The molecule has 0 saturated carbocycles. The highest BCUT2D eigenvalue weighted by atomic mass is 32.2. The number of carbonyl (C=O) groups excluding carboxylic acids is 1. The second kappa shape index (κ2) is 9.79. The number of amides is 1. The molecule has 0 atom stereocenters. The maximum absolute atomic E-state index is 12.4. The largest absolute Gasteiger partial charge is 0.507 e. The first-order valence-corrected chi connectivity index (χ1v) is 10.1. The van der Waals surface area contributed by atoms with Gasteiger partial charge in [-0.3, -0.25) is 9.36 Å². The average molecular weight is 410 g/mol. The summed E-state index contributed by atoms with van der Waals surface area (Å²) in [6.07, 6.45) is 1.72. The number of benzene rings is 2. The van der Waals surface area contributed by atoms with Crippen LogP contribution in [-0.4, -0.2) is 38.1 Å². The fourth-order valence-electron chi connectivity index (χ4n) is 2.72. The molecular weight excluding hydrogens is 388 g/mol. The van der Waals surface area contributed by atoms with Gasteiger partial charge in [0.05, 0.1) is 23.6 Å². The summed E-state index contributed by atoms with van der Waals surface area (Å²) in [5.74, 6) is 1.24. The van der Waals surface area contributed by atoms with Crippen LogP contribution >= 0.6 is 11.8 Å². The van der Waals surface area contributed by atoms with Gasteiger partial charge in [0.15, 0.2) is 11.0 Å². The highest BCUT2D eigenvalue weighted by Gasteiger charge is 2.17. The molecule has 150 valence electrons. The summed E-state index contributed by atoms with van der Waals surface area (Å²) >= 11 is 1.26.